The highest BCUT2D eigenvalue weighted by molar-refractivity contribution is 5.67. The van der Waals surface area contributed by atoms with Gasteiger partial charge in [-0.1, -0.05) is 45.0 Å². The number of carboxylic acids is 1. The van der Waals surface area contributed by atoms with E-state index in [-0.39, 0.29) is 12.3 Å². The molecule has 0 unspecified atom stereocenters. The Morgan fingerprint density at radius 3 is 2.00 bits per heavy atom. The summed E-state index contributed by atoms with van der Waals surface area (Å²) >= 11 is 0. The van der Waals surface area contributed by atoms with Gasteiger partial charge >= 0.3 is 5.97 Å². The molecule has 15 heavy (non-hydrogen) atoms. The van der Waals surface area contributed by atoms with Crippen LogP contribution < -0.4 is 0 Å². The Labute approximate surface area is 90.9 Å². The summed E-state index contributed by atoms with van der Waals surface area (Å²) in [5.41, 5.74) is 2.39. The van der Waals surface area contributed by atoms with Crippen molar-refractivity contribution in [2.24, 2.45) is 0 Å². The van der Waals surface area contributed by atoms with Gasteiger partial charge in [0.2, 0.25) is 0 Å². The number of benzene rings is 1. The number of carbonyl (C=O) groups is 1. The van der Waals surface area contributed by atoms with E-state index in [1.54, 1.807) is 0 Å². The predicted molar refractivity (Wildman–Crippen MR) is 61.2 cm³/mol. The second-order valence-electron chi connectivity index (χ2n) is 4.32. The Bertz CT molecular complexity index is 325. The molecule has 1 rings (SSSR count). The number of aliphatic carboxylic acids is 1. The molecular formula is C13H18O2. The fourth-order valence-corrected chi connectivity index (χ4v) is 1.59. The Morgan fingerprint density at radius 1 is 1.13 bits per heavy atom. The largest absolute Gasteiger partial charge is 0.481 e. The van der Waals surface area contributed by atoms with Crippen LogP contribution in [0.2, 0.25) is 0 Å². The van der Waals surface area contributed by atoms with Crippen molar-refractivity contribution in [2.75, 3.05) is 0 Å². The monoisotopic (exact) mass is 206 g/mol. The average Bonchev–Trinajstić information content (AvgIpc) is 2.17. The third-order valence-electron chi connectivity index (χ3n) is 2.65. The molecule has 1 aromatic rings. The normalized spacial score (nSPS) is 12.8. The Morgan fingerprint density at radius 2 is 1.60 bits per heavy atom. The van der Waals surface area contributed by atoms with Gasteiger partial charge in [0.15, 0.2) is 0 Å². The van der Waals surface area contributed by atoms with Crippen LogP contribution in [0.15, 0.2) is 24.3 Å². The first kappa shape index (κ1) is 11.8. The van der Waals surface area contributed by atoms with E-state index >= 15 is 0 Å². The summed E-state index contributed by atoms with van der Waals surface area (Å²) < 4.78 is 0. The molecule has 0 heterocycles. The van der Waals surface area contributed by atoms with Crippen LogP contribution in [0, 0.1) is 0 Å². The van der Waals surface area contributed by atoms with Crippen molar-refractivity contribution in [2.45, 2.75) is 39.0 Å². The van der Waals surface area contributed by atoms with Crippen LogP contribution in [-0.2, 0) is 4.79 Å². The number of carboxylic acid groups (broad SMARTS) is 1. The quantitative estimate of drug-likeness (QED) is 0.819. The van der Waals surface area contributed by atoms with Crippen LogP contribution in [0.3, 0.4) is 0 Å². The van der Waals surface area contributed by atoms with Crippen molar-refractivity contribution in [1.29, 1.82) is 0 Å². The molecule has 0 bridgehead atoms. The molecule has 0 saturated carbocycles. The van der Waals surface area contributed by atoms with Gasteiger partial charge in [0.25, 0.3) is 0 Å². The molecule has 1 N–H and O–H groups in total. The van der Waals surface area contributed by atoms with Gasteiger partial charge in [-0.15, -0.1) is 0 Å². The molecular weight excluding hydrogens is 188 g/mol. The molecule has 0 saturated heterocycles. The van der Waals surface area contributed by atoms with Crippen molar-refractivity contribution < 1.29 is 9.90 Å². The summed E-state index contributed by atoms with van der Waals surface area (Å²) in [5.74, 6) is -0.132. The fourth-order valence-electron chi connectivity index (χ4n) is 1.59. The smallest absolute Gasteiger partial charge is 0.303 e. The van der Waals surface area contributed by atoms with E-state index in [0.717, 1.165) is 5.56 Å². The molecule has 0 radical (unpaired) electrons. The van der Waals surface area contributed by atoms with Crippen LogP contribution in [0.5, 0.6) is 0 Å². The van der Waals surface area contributed by atoms with E-state index in [2.05, 4.69) is 26.0 Å². The van der Waals surface area contributed by atoms with Gasteiger partial charge in [-0.25, -0.2) is 0 Å². The van der Waals surface area contributed by atoms with E-state index in [9.17, 15) is 4.79 Å². The molecule has 0 spiro atoms. The lowest BCUT2D eigenvalue weighted by Gasteiger charge is -2.11. The summed E-state index contributed by atoms with van der Waals surface area (Å²) in [4.78, 5) is 10.6. The molecule has 82 valence electrons. The van der Waals surface area contributed by atoms with E-state index in [1.807, 2.05) is 19.1 Å². The SMILES string of the molecule is CC(C)c1ccc([C@@H](C)CC(=O)O)cc1. The minimum absolute atomic E-state index is 0.0868. The van der Waals surface area contributed by atoms with Crippen molar-refractivity contribution in [3.05, 3.63) is 35.4 Å². The van der Waals surface area contributed by atoms with Crippen LogP contribution in [0.25, 0.3) is 0 Å². The van der Waals surface area contributed by atoms with Gasteiger partial charge in [-0.05, 0) is 23.0 Å². The zero-order chi connectivity index (χ0) is 11.4. The topological polar surface area (TPSA) is 37.3 Å². The zero-order valence-electron chi connectivity index (χ0n) is 9.53. The Kier molecular flexibility index (Phi) is 3.89. The maximum Gasteiger partial charge on any atom is 0.303 e. The number of rotatable bonds is 4. The molecule has 0 aromatic heterocycles. The molecule has 0 aliphatic carbocycles. The molecule has 2 nitrogen and oxygen atoms in total. The minimum atomic E-state index is -0.740. The first-order valence-electron chi connectivity index (χ1n) is 5.32. The van der Waals surface area contributed by atoms with Gasteiger partial charge in [-0.2, -0.15) is 0 Å². The van der Waals surface area contributed by atoms with Gasteiger partial charge < -0.3 is 5.11 Å². The van der Waals surface area contributed by atoms with Gasteiger partial charge in [-0.3, -0.25) is 4.79 Å². The standard InChI is InChI=1S/C13H18O2/c1-9(2)11-4-6-12(7-5-11)10(3)8-13(14)15/h4-7,9-10H,8H2,1-3H3,(H,14,15)/t10-/m0/s1. The van der Waals surface area contributed by atoms with Crippen LogP contribution in [0.4, 0.5) is 0 Å². The summed E-state index contributed by atoms with van der Waals surface area (Å²) in [5, 5.41) is 8.69. The van der Waals surface area contributed by atoms with Crippen molar-refractivity contribution >= 4 is 5.97 Å². The van der Waals surface area contributed by atoms with E-state index in [0.29, 0.717) is 5.92 Å². The Balaban J connectivity index is 2.75. The van der Waals surface area contributed by atoms with Crippen LogP contribution in [0.1, 0.15) is 50.2 Å². The number of hydrogen-bond donors (Lipinski definition) is 1. The third kappa shape index (κ3) is 3.39. The maximum absolute atomic E-state index is 10.6. The van der Waals surface area contributed by atoms with Crippen molar-refractivity contribution in [3.63, 3.8) is 0 Å². The van der Waals surface area contributed by atoms with E-state index in [4.69, 9.17) is 5.11 Å². The van der Waals surface area contributed by atoms with Crippen molar-refractivity contribution in [1.82, 2.24) is 0 Å². The molecule has 1 aromatic carbocycles. The summed E-state index contributed by atoms with van der Waals surface area (Å²) in [6, 6.07) is 8.22. The lowest BCUT2D eigenvalue weighted by Crippen LogP contribution is -2.02. The average molecular weight is 206 g/mol. The Hall–Kier alpha value is -1.31. The second-order valence-corrected chi connectivity index (χ2v) is 4.32. The van der Waals surface area contributed by atoms with Crippen LogP contribution >= 0.6 is 0 Å². The van der Waals surface area contributed by atoms with E-state index in [1.165, 1.54) is 5.56 Å². The first-order valence-corrected chi connectivity index (χ1v) is 5.32. The lowest BCUT2D eigenvalue weighted by atomic mass is 9.94. The fraction of sp³-hybridized carbons (Fsp3) is 0.462. The van der Waals surface area contributed by atoms with Crippen LogP contribution in [-0.4, -0.2) is 11.1 Å². The highest BCUT2D eigenvalue weighted by Gasteiger charge is 2.10. The summed E-state index contributed by atoms with van der Waals surface area (Å²) in [7, 11) is 0. The highest BCUT2D eigenvalue weighted by Crippen LogP contribution is 2.21. The molecule has 0 aliphatic heterocycles. The molecule has 0 fully saturated rings. The lowest BCUT2D eigenvalue weighted by molar-refractivity contribution is -0.137. The van der Waals surface area contributed by atoms with Gasteiger partial charge in [0, 0.05) is 0 Å². The second kappa shape index (κ2) is 4.96. The van der Waals surface area contributed by atoms with Gasteiger partial charge in [0.05, 0.1) is 6.42 Å². The van der Waals surface area contributed by atoms with E-state index < -0.39 is 5.97 Å². The molecule has 0 amide bonds. The first-order chi connectivity index (χ1) is 7.00. The zero-order valence-corrected chi connectivity index (χ0v) is 9.53. The third-order valence-corrected chi connectivity index (χ3v) is 2.65. The molecule has 1 atom stereocenters. The number of hydrogen-bond acceptors (Lipinski definition) is 1. The van der Waals surface area contributed by atoms with Crippen molar-refractivity contribution in [3.8, 4) is 0 Å². The summed E-state index contributed by atoms with van der Waals surface area (Å²) in [6.07, 6.45) is 0.195. The van der Waals surface area contributed by atoms with Gasteiger partial charge in [0.1, 0.15) is 0 Å². The highest BCUT2D eigenvalue weighted by atomic mass is 16.4. The molecule has 0 aliphatic rings. The summed E-state index contributed by atoms with van der Waals surface area (Å²) in [6.45, 7) is 6.24. The maximum atomic E-state index is 10.6. The molecule has 2 heteroatoms. The predicted octanol–water partition coefficient (Wildman–Crippen LogP) is 3.39. The minimum Gasteiger partial charge on any atom is -0.481 e.